The van der Waals surface area contributed by atoms with E-state index in [-0.39, 0.29) is 24.3 Å². The molecule has 1 aliphatic carbocycles. The normalized spacial score (nSPS) is 13.5. The Labute approximate surface area is 223 Å². The van der Waals surface area contributed by atoms with Crippen molar-refractivity contribution < 1.29 is 23.7 Å². The van der Waals surface area contributed by atoms with Crippen LogP contribution >= 0.6 is 0 Å². The van der Waals surface area contributed by atoms with Crippen LogP contribution in [0.25, 0.3) is 0 Å². The number of carbonyl (C=O) groups excluding carboxylic acids is 1. The van der Waals surface area contributed by atoms with Crippen molar-refractivity contribution >= 4 is 11.8 Å². The fraction of sp³-hybridized carbons (Fsp3) is 0.367. The molecule has 1 aliphatic rings. The van der Waals surface area contributed by atoms with Gasteiger partial charge < -0.3 is 23.8 Å². The molecule has 0 N–H and O–H groups in total. The van der Waals surface area contributed by atoms with Crippen LogP contribution in [0.15, 0.2) is 48.7 Å². The van der Waals surface area contributed by atoms with Crippen molar-refractivity contribution in [2.24, 2.45) is 0 Å². The first-order valence-corrected chi connectivity index (χ1v) is 12.7. The first-order valence-electron chi connectivity index (χ1n) is 12.7. The van der Waals surface area contributed by atoms with Gasteiger partial charge in [-0.1, -0.05) is 24.0 Å². The van der Waals surface area contributed by atoms with Gasteiger partial charge >= 0.3 is 12.0 Å². The monoisotopic (exact) mass is 515 g/mol. The van der Waals surface area contributed by atoms with Crippen LogP contribution in [-0.2, 0) is 16.0 Å². The number of ether oxygens (including phenoxy) is 4. The number of anilines is 1. The summed E-state index contributed by atoms with van der Waals surface area (Å²) in [6.07, 6.45) is 3.49. The van der Waals surface area contributed by atoms with Crippen molar-refractivity contribution in [3.05, 3.63) is 65.4 Å². The second-order valence-corrected chi connectivity index (χ2v) is 8.98. The van der Waals surface area contributed by atoms with Gasteiger partial charge in [-0.15, -0.1) is 0 Å². The van der Waals surface area contributed by atoms with Crippen molar-refractivity contribution in [1.82, 2.24) is 9.97 Å². The van der Waals surface area contributed by atoms with E-state index in [1.807, 2.05) is 57.3 Å². The molecule has 0 saturated carbocycles. The minimum absolute atomic E-state index is 0.130. The molecule has 0 aliphatic heterocycles. The van der Waals surface area contributed by atoms with E-state index in [0.29, 0.717) is 31.1 Å². The molecule has 0 bridgehead atoms. The lowest BCUT2D eigenvalue weighted by atomic mass is 9.87. The van der Waals surface area contributed by atoms with E-state index in [9.17, 15) is 4.79 Å². The highest BCUT2D eigenvalue weighted by atomic mass is 16.5. The van der Waals surface area contributed by atoms with Crippen molar-refractivity contribution in [2.75, 3.05) is 38.8 Å². The fourth-order valence-corrected chi connectivity index (χ4v) is 4.28. The van der Waals surface area contributed by atoms with Gasteiger partial charge in [0.2, 0.25) is 0 Å². The molecule has 8 heteroatoms. The molecule has 3 aromatic rings. The quantitative estimate of drug-likeness (QED) is 0.187. The van der Waals surface area contributed by atoms with Crippen LogP contribution in [0.2, 0.25) is 0 Å². The van der Waals surface area contributed by atoms with E-state index < -0.39 is 0 Å². The van der Waals surface area contributed by atoms with Gasteiger partial charge in [-0.2, -0.15) is 4.98 Å². The highest BCUT2D eigenvalue weighted by molar-refractivity contribution is 5.72. The van der Waals surface area contributed by atoms with Crippen LogP contribution in [0.3, 0.4) is 0 Å². The van der Waals surface area contributed by atoms with Gasteiger partial charge in [-0.05, 0) is 55.7 Å². The Morgan fingerprint density at radius 2 is 2.00 bits per heavy atom. The second-order valence-electron chi connectivity index (χ2n) is 8.98. The Bertz CT molecular complexity index is 1330. The van der Waals surface area contributed by atoms with Crippen LogP contribution in [0.4, 0.5) is 5.82 Å². The largest absolute Gasteiger partial charge is 0.497 e. The average molecular weight is 516 g/mol. The maximum absolute atomic E-state index is 11.9. The molecule has 0 amide bonds. The Morgan fingerprint density at radius 3 is 2.82 bits per heavy atom. The van der Waals surface area contributed by atoms with E-state index in [2.05, 4.69) is 26.7 Å². The van der Waals surface area contributed by atoms with E-state index in [0.717, 1.165) is 41.2 Å². The predicted octanol–water partition coefficient (Wildman–Crippen LogP) is 5.09. The first kappa shape index (κ1) is 26.8. The predicted molar refractivity (Wildman–Crippen MR) is 145 cm³/mol. The lowest BCUT2D eigenvalue weighted by molar-refractivity contribution is -0.143. The van der Waals surface area contributed by atoms with Crippen LogP contribution < -0.4 is 19.1 Å². The highest BCUT2D eigenvalue weighted by Crippen LogP contribution is 2.30. The number of fused-ring (bicyclic) bond motifs is 1. The van der Waals surface area contributed by atoms with Gasteiger partial charge in [-0.25, -0.2) is 4.98 Å². The summed E-state index contributed by atoms with van der Waals surface area (Å²) >= 11 is 0. The summed E-state index contributed by atoms with van der Waals surface area (Å²) in [4.78, 5) is 22.9. The number of carbonyl (C=O) groups is 1. The zero-order valence-corrected chi connectivity index (χ0v) is 22.3. The third-order valence-electron chi connectivity index (χ3n) is 6.16. The minimum Gasteiger partial charge on any atom is -0.497 e. The number of aromatic nitrogens is 2. The molecule has 0 fully saturated rings. The molecule has 0 spiro atoms. The minimum atomic E-state index is -0.220. The lowest BCUT2D eigenvalue weighted by Crippen LogP contribution is -2.22. The summed E-state index contributed by atoms with van der Waals surface area (Å²) in [5.41, 5.74) is 3.14. The maximum atomic E-state index is 11.9. The summed E-state index contributed by atoms with van der Waals surface area (Å²) in [6.45, 7) is 5.46. The van der Waals surface area contributed by atoms with Crippen LogP contribution in [0, 0.1) is 18.8 Å². The van der Waals surface area contributed by atoms with E-state index in [1.165, 1.54) is 0 Å². The molecule has 1 atom stereocenters. The smallest absolute Gasteiger partial charge is 0.323 e. The lowest BCUT2D eigenvalue weighted by Gasteiger charge is -2.21. The van der Waals surface area contributed by atoms with Crippen LogP contribution in [0.5, 0.6) is 23.3 Å². The Morgan fingerprint density at radius 1 is 1.16 bits per heavy atom. The van der Waals surface area contributed by atoms with E-state index >= 15 is 0 Å². The number of benzene rings is 2. The molecule has 1 aromatic heterocycles. The Kier molecular flexibility index (Phi) is 9.04. The van der Waals surface area contributed by atoms with Crippen molar-refractivity contribution in [2.45, 2.75) is 39.0 Å². The summed E-state index contributed by atoms with van der Waals surface area (Å²) in [6, 6.07) is 13.6. The SMILES string of the molecule is CCOC(=O)C[C@@H]1C#CCc2cc(OCCCN(C)c3nc(Oc4cccc(OC)c4)ncc3C)ccc21. The first-order chi connectivity index (χ1) is 18.5. The molecule has 198 valence electrons. The molecule has 4 rings (SSSR count). The Hall–Kier alpha value is -4.25. The zero-order valence-electron chi connectivity index (χ0n) is 22.3. The Balaban J connectivity index is 1.30. The summed E-state index contributed by atoms with van der Waals surface area (Å²) in [5.74, 6) is 8.89. The number of nitrogens with zero attached hydrogens (tertiary/aromatic N) is 3. The summed E-state index contributed by atoms with van der Waals surface area (Å²) in [7, 11) is 3.61. The number of methoxy groups -OCH3 is 1. The molecule has 8 nitrogen and oxygen atoms in total. The van der Waals surface area contributed by atoms with Gasteiger partial charge in [0.25, 0.3) is 0 Å². The maximum Gasteiger partial charge on any atom is 0.323 e. The van der Waals surface area contributed by atoms with Gasteiger partial charge in [0.05, 0.1) is 32.7 Å². The number of esters is 1. The second kappa shape index (κ2) is 12.8. The third kappa shape index (κ3) is 6.94. The van der Waals surface area contributed by atoms with Crippen molar-refractivity contribution in [3.8, 4) is 35.1 Å². The van der Waals surface area contributed by atoms with E-state index in [4.69, 9.17) is 18.9 Å². The summed E-state index contributed by atoms with van der Waals surface area (Å²) < 4.78 is 22.2. The number of aryl methyl sites for hydroxylation is 1. The van der Waals surface area contributed by atoms with Gasteiger partial charge in [0, 0.05) is 37.8 Å². The fourth-order valence-electron chi connectivity index (χ4n) is 4.28. The average Bonchev–Trinajstić information content (AvgIpc) is 2.92. The van der Waals surface area contributed by atoms with Gasteiger partial charge in [-0.3, -0.25) is 4.79 Å². The molecule has 2 aromatic carbocycles. The zero-order chi connectivity index (χ0) is 26.9. The van der Waals surface area contributed by atoms with Gasteiger partial charge in [0.15, 0.2) is 0 Å². The molecule has 38 heavy (non-hydrogen) atoms. The van der Waals surface area contributed by atoms with Crippen LogP contribution in [-0.4, -0.2) is 49.9 Å². The number of hydrogen-bond acceptors (Lipinski definition) is 8. The highest BCUT2D eigenvalue weighted by Gasteiger charge is 2.20. The molecule has 0 saturated heterocycles. The standard InChI is InChI=1S/C30H33N3O5/c1-5-36-28(34)18-23-10-6-9-22-17-25(13-14-27(22)23)37-16-8-15-33(3)29-21(2)20-31-30(32-29)38-26-12-7-11-24(19-26)35-4/h7,11-14,17,19-20,23H,5,8-9,15-16,18H2,1-4H3/t23-/m0/s1. The molecule has 0 radical (unpaired) electrons. The van der Waals surface area contributed by atoms with Crippen molar-refractivity contribution in [3.63, 3.8) is 0 Å². The topological polar surface area (TPSA) is 83.0 Å². The van der Waals surface area contributed by atoms with Crippen LogP contribution in [0.1, 0.15) is 42.4 Å². The molecule has 0 unspecified atom stereocenters. The molecular weight excluding hydrogens is 482 g/mol. The molecule has 1 heterocycles. The number of rotatable bonds is 12. The number of hydrogen-bond donors (Lipinski definition) is 0. The molecular formula is C30H33N3O5. The summed E-state index contributed by atoms with van der Waals surface area (Å²) in [5, 5.41) is 0. The third-order valence-corrected chi connectivity index (χ3v) is 6.16. The van der Waals surface area contributed by atoms with Gasteiger partial charge in [0.1, 0.15) is 23.1 Å². The van der Waals surface area contributed by atoms with Crippen molar-refractivity contribution in [1.29, 1.82) is 0 Å². The van der Waals surface area contributed by atoms with E-state index in [1.54, 1.807) is 19.4 Å².